The largest absolute Gasteiger partial charge is 0.352 e. The van der Waals surface area contributed by atoms with Crippen LogP contribution in [0.1, 0.15) is 32.1 Å². The van der Waals surface area contributed by atoms with E-state index in [0.717, 1.165) is 18.4 Å². The van der Waals surface area contributed by atoms with Crippen molar-refractivity contribution in [3.8, 4) is 0 Å². The third kappa shape index (κ3) is 3.12. The van der Waals surface area contributed by atoms with Gasteiger partial charge in [0.15, 0.2) is 0 Å². The zero-order chi connectivity index (χ0) is 14.7. The lowest BCUT2D eigenvalue weighted by Crippen LogP contribution is -2.39. The number of carbonyl (C=O) groups excluding carboxylic acids is 1. The van der Waals surface area contributed by atoms with Gasteiger partial charge in [-0.25, -0.2) is 4.98 Å². The molecule has 1 saturated carbocycles. The first-order chi connectivity index (χ1) is 10.2. The van der Waals surface area contributed by atoms with E-state index in [0.29, 0.717) is 5.52 Å². The highest BCUT2D eigenvalue weighted by molar-refractivity contribution is 5.80. The molecule has 2 aromatic rings. The summed E-state index contributed by atoms with van der Waals surface area (Å²) in [6.07, 6.45) is 6.94. The van der Waals surface area contributed by atoms with Gasteiger partial charge in [0.2, 0.25) is 5.91 Å². The SMILES string of the molecule is O=C(Cn1c(=O)cnc2ccccc21)NC1CCCCC1. The molecule has 0 bridgehead atoms. The van der Waals surface area contributed by atoms with Gasteiger partial charge in [-0.2, -0.15) is 0 Å². The summed E-state index contributed by atoms with van der Waals surface area (Å²) >= 11 is 0. The van der Waals surface area contributed by atoms with Crippen molar-refractivity contribution in [2.75, 3.05) is 0 Å². The Bertz CT molecular complexity index is 702. The highest BCUT2D eigenvalue weighted by Gasteiger charge is 2.16. The van der Waals surface area contributed by atoms with Crippen LogP contribution in [0, 0.1) is 0 Å². The van der Waals surface area contributed by atoms with Crippen molar-refractivity contribution in [2.45, 2.75) is 44.7 Å². The lowest BCUT2D eigenvalue weighted by atomic mass is 9.95. The Morgan fingerprint density at radius 3 is 2.81 bits per heavy atom. The molecule has 1 fully saturated rings. The van der Waals surface area contributed by atoms with Crippen molar-refractivity contribution in [1.82, 2.24) is 14.9 Å². The van der Waals surface area contributed by atoms with E-state index in [1.165, 1.54) is 30.0 Å². The van der Waals surface area contributed by atoms with Gasteiger partial charge in [-0.1, -0.05) is 31.4 Å². The van der Waals surface area contributed by atoms with E-state index < -0.39 is 0 Å². The number of nitrogens with zero attached hydrogens (tertiary/aromatic N) is 2. The molecule has 3 rings (SSSR count). The number of aromatic nitrogens is 2. The molecule has 5 heteroatoms. The molecule has 0 saturated heterocycles. The Morgan fingerprint density at radius 1 is 1.24 bits per heavy atom. The van der Waals surface area contributed by atoms with Crippen LogP contribution in [0.15, 0.2) is 35.3 Å². The predicted octanol–water partition coefficient (Wildman–Crippen LogP) is 1.85. The lowest BCUT2D eigenvalue weighted by molar-refractivity contribution is -0.122. The smallest absolute Gasteiger partial charge is 0.269 e. The van der Waals surface area contributed by atoms with Crippen LogP contribution in [0.3, 0.4) is 0 Å². The van der Waals surface area contributed by atoms with Crippen LogP contribution in [0.5, 0.6) is 0 Å². The van der Waals surface area contributed by atoms with Gasteiger partial charge in [-0.05, 0) is 25.0 Å². The summed E-state index contributed by atoms with van der Waals surface area (Å²) in [5, 5.41) is 3.04. The highest BCUT2D eigenvalue weighted by Crippen LogP contribution is 2.17. The maximum absolute atomic E-state index is 12.2. The van der Waals surface area contributed by atoms with E-state index in [4.69, 9.17) is 0 Å². The van der Waals surface area contributed by atoms with E-state index in [9.17, 15) is 9.59 Å². The molecular weight excluding hydrogens is 266 g/mol. The summed E-state index contributed by atoms with van der Waals surface area (Å²) in [6, 6.07) is 7.63. The molecule has 1 aromatic carbocycles. The number of hydrogen-bond donors (Lipinski definition) is 1. The molecule has 1 N–H and O–H groups in total. The number of carbonyl (C=O) groups is 1. The summed E-state index contributed by atoms with van der Waals surface area (Å²) in [4.78, 5) is 28.3. The van der Waals surface area contributed by atoms with E-state index in [2.05, 4.69) is 10.3 Å². The van der Waals surface area contributed by atoms with Crippen LogP contribution in [0.2, 0.25) is 0 Å². The van der Waals surface area contributed by atoms with Crippen molar-refractivity contribution in [1.29, 1.82) is 0 Å². The minimum absolute atomic E-state index is 0.0539. The van der Waals surface area contributed by atoms with Crippen molar-refractivity contribution in [3.05, 3.63) is 40.8 Å². The van der Waals surface area contributed by atoms with Gasteiger partial charge in [0, 0.05) is 6.04 Å². The third-order valence-electron chi connectivity index (χ3n) is 4.02. The zero-order valence-corrected chi connectivity index (χ0v) is 11.9. The maximum Gasteiger partial charge on any atom is 0.269 e. The fourth-order valence-corrected chi connectivity index (χ4v) is 2.94. The number of hydrogen-bond acceptors (Lipinski definition) is 3. The summed E-state index contributed by atoms with van der Waals surface area (Å²) in [5.41, 5.74) is 1.18. The van der Waals surface area contributed by atoms with Gasteiger partial charge in [0.05, 0.1) is 17.2 Å². The molecule has 5 nitrogen and oxygen atoms in total. The monoisotopic (exact) mass is 285 g/mol. The molecule has 1 heterocycles. The molecule has 1 aliphatic carbocycles. The molecule has 0 spiro atoms. The Labute approximate surface area is 123 Å². The average molecular weight is 285 g/mol. The number of fused-ring (bicyclic) bond motifs is 1. The molecule has 0 atom stereocenters. The normalized spacial score (nSPS) is 16.0. The van der Waals surface area contributed by atoms with Crippen LogP contribution in [-0.4, -0.2) is 21.5 Å². The Kier molecular flexibility index (Phi) is 3.99. The molecular formula is C16H19N3O2. The number of benzene rings is 1. The van der Waals surface area contributed by atoms with Crippen molar-refractivity contribution in [3.63, 3.8) is 0 Å². The van der Waals surface area contributed by atoms with Gasteiger partial charge >= 0.3 is 0 Å². The predicted molar refractivity (Wildman–Crippen MR) is 81.0 cm³/mol. The highest BCUT2D eigenvalue weighted by atomic mass is 16.2. The summed E-state index contributed by atoms with van der Waals surface area (Å²) < 4.78 is 1.49. The number of amides is 1. The molecule has 0 aliphatic heterocycles. The Balaban J connectivity index is 1.79. The van der Waals surface area contributed by atoms with Crippen LogP contribution in [0.4, 0.5) is 0 Å². The van der Waals surface area contributed by atoms with Gasteiger partial charge < -0.3 is 5.32 Å². The van der Waals surface area contributed by atoms with Gasteiger partial charge in [-0.3, -0.25) is 14.2 Å². The average Bonchev–Trinajstić information content (AvgIpc) is 2.51. The van der Waals surface area contributed by atoms with Crippen molar-refractivity contribution >= 4 is 16.9 Å². The van der Waals surface area contributed by atoms with Crippen LogP contribution < -0.4 is 10.9 Å². The first-order valence-electron chi connectivity index (χ1n) is 7.48. The maximum atomic E-state index is 12.2. The van der Waals surface area contributed by atoms with Gasteiger partial charge in [0.1, 0.15) is 6.54 Å². The van der Waals surface area contributed by atoms with Gasteiger partial charge in [-0.15, -0.1) is 0 Å². The summed E-state index contributed by atoms with van der Waals surface area (Å²) in [7, 11) is 0. The van der Waals surface area contributed by atoms with E-state index in [1.54, 1.807) is 0 Å². The fraction of sp³-hybridized carbons (Fsp3) is 0.438. The molecule has 1 aliphatic rings. The molecule has 21 heavy (non-hydrogen) atoms. The molecule has 0 unspecified atom stereocenters. The fourth-order valence-electron chi connectivity index (χ4n) is 2.94. The lowest BCUT2D eigenvalue weighted by Gasteiger charge is -2.23. The second kappa shape index (κ2) is 6.08. The Hall–Kier alpha value is -2.17. The van der Waals surface area contributed by atoms with Crippen LogP contribution >= 0.6 is 0 Å². The quantitative estimate of drug-likeness (QED) is 0.936. The van der Waals surface area contributed by atoms with E-state index >= 15 is 0 Å². The zero-order valence-electron chi connectivity index (χ0n) is 11.9. The van der Waals surface area contributed by atoms with E-state index in [1.807, 2.05) is 24.3 Å². The molecule has 1 amide bonds. The minimum atomic E-state index is -0.243. The first-order valence-corrected chi connectivity index (χ1v) is 7.48. The summed E-state index contributed by atoms with van der Waals surface area (Å²) in [6.45, 7) is 0.0539. The number of para-hydroxylation sites is 2. The second-order valence-corrected chi connectivity index (χ2v) is 5.57. The van der Waals surface area contributed by atoms with Crippen molar-refractivity contribution in [2.24, 2.45) is 0 Å². The van der Waals surface area contributed by atoms with E-state index in [-0.39, 0.29) is 24.1 Å². The topological polar surface area (TPSA) is 64.0 Å². The van der Waals surface area contributed by atoms with Crippen molar-refractivity contribution < 1.29 is 4.79 Å². The molecule has 110 valence electrons. The second-order valence-electron chi connectivity index (χ2n) is 5.57. The number of nitrogens with one attached hydrogen (secondary N) is 1. The van der Waals surface area contributed by atoms with Crippen LogP contribution in [0.25, 0.3) is 11.0 Å². The standard InChI is InChI=1S/C16H19N3O2/c20-15(18-12-6-2-1-3-7-12)11-19-14-9-5-4-8-13(14)17-10-16(19)21/h4-5,8-10,12H,1-3,6-7,11H2,(H,18,20). The third-order valence-corrected chi connectivity index (χ3v) is 4.02. The molecule has 0 radical (unpaired) electrons. The summed E-state index contributed by atoms with van der Waals surface area (Å²) in [5.74, 6) is -0.0969. The van der Waals surface area contributed by atoms with Gasteiger partial charge in [0.25, 0.3) is 5.56 Å². The minimum Gasteiger partial charge on any atom is -0.352 e. The Morgan fingerprint density at radius 2 is 2.00 bits per heavy atom. The number of rotatable bonds is 3. The van der Waals surface area contributed by atoms with Crippen LogP contribution in [-0.2, 0) is 11.3 Å². The molecule has 1 aromatic heterocycles. The first kappa shape index (κ1) is 13.8.